The summed E-state index contributed by atoms with van der Waals surface area (Å²) in [6.07, 6.45) is 3.03. The maximum atomic E-state index is 12.5. The Morgan fingerprint density at radius 3 is 2.30 bits per heavy atom. The number of fused-ring (bicyclic) bond motifs is 1. The van der Waals surface area contributed by atoms with Gasteiger partial charge in [-0.1, -0.05) is 39.9 Å². The zero-order chi connectivity index (χ0) is 22.3. The average Bonchev–Trinajstić information content (AvgIpc) is 2.89. The average molecular weight is 430 g/mol. The van der Waals surface area contributed by atoms with Crippen LogP contribution in [-0.4, -0.2) is 55.2 Å². The summed E-state index contributed by atoms with van der Waals surface area (Å²) < 4.78 is 8.14. The van der Waals surface area contributed by atoms with E-state index in [4.69, 9.17) is 4.74 Å². The van der Waals surface area contributed by atoms with Crippen molar-refractivity contribution in [3.63, 3.8) is 0 Å². The third-order valence-electron chi connectivity index (χ3n) is 6.64. The summed E-state index contributed by atoms with van der Waals surface area (Å²) in [6, 6.07) is 8.94. The molecule has 0 bridgehead atoms. The molecule has 1 aliphatic rings. The first-order valence-corrected chi connectivity index (χ1v) is 14.1. The van der Waals surface area contributed by atoms with E-state index in [0.717, 1.165) is 26.1 Å². The summed E-state index contributed by atoms with van der Waals surface area (Å²) in [6.45, 7) is 20.9. The SMILES string of the molecule is CC(C)(C)OC(=O)N1CCCN(c2cccc3c2ccn3[Si](C)(C)C(C)(C)C)CC1. The number of rotatable bonds is 2. The number of aromatic nitrogens is 1. The molecule has 5 nitrogen and oxygen atoms in total. The minimum Gasteiger partial charge on any atom is -0.444 e. The zero-order valence-corrected chi connectivity index (χ0v) is 21.1. The fourth-order valence-electron chi connectivity index (χ4n) is 3.94. The Kier molecular flexibility index (Phi) is 6.02. The van der Waals surface area contributed by atoms with E-state index < -0.39 is 13.8 Å². The van der Waals surface area contributed by atoms with Gasteiger partial charge in [0.05, 0.1) is 0 Å². The van der Waals surface area contributed by atoms with Gasteiger partial charge >= 0.3 is 6.09 Å². The van der Waals surface area contributed by atoms with Crippen LogP contribution < -0.4 is 4.90 Å². The van der Waals surface area contributed by atoms with Crippen LogP contribution in [0.1, 0.15) is 48.0 Å². The van der Waals surface area contributed by atoms with Crippen molar-refractivity contribution in [1.29, 1.82) is 0 Å². The number of nitrogens with zero attached hydrogens (tertiary/aromatic N) is 3. The van der Waals surface area contributed by atoms with E-state index in [1.54, 1.807) is 0 Å². The molecule has 1 aromatic heterocycles. The number of amides is 1. The zero-order valence-electron chi connectivity index (χ0n) is 20.1. The molecule has 0 spiro atoms. The lowest BCUT2D eigenvalue weighted by Gasteiger charge is -2.38. The summed E-state index contributed by atoms with van der Waals surface area (Å²) in [7, 11) is -1.70. The number of benzene rings is 1. The molecule has 2 heterocycles. The van der Waals surface area contributed by atoms with E-state index in [0.29, 0.717) is 6.54 Å². The molecule has 166 valence electrons. The molecule has 2 aromatic rings. The van der Waals surface area contributed by atoms with E-state index in [1.807, 2.05) is 25.7 Å². The standard InChI is InChI=1S/C24H39N3O2Si/c1-23(2,3)29-22(28)26-15-10-14-25(17-18-26)20-11-9-12-21-19(20)13-16-27(21)30(7,8)24(4,5)6/h9,11-13,16H,10,14-15,17-18H2,1-8H3. The summed E-state index contributed by atoms with van der Waals surface area (Å²) in [5.74, 6) is 0. The second-order valence-electron chi connectivity index (χ2n) is 11.0. The molecular formula is C24H39N3O2Si. The van der Waals surface area contributed by atoms with Crippen molar-refractivity contribution in [3.05, 3.63) is 30.5 Å². The van der Waals surface area contributed by atoms with Gasteiger partial charge in [-0.25, -0.2) is 4.79 Å². The van der Waals surface area contributed by atoms with Crippen LogP contribution in [0.15, 0.2) is 30.5 Å². The molecule has 0 saturated carbocycles. The predicted molar refractivity (Wildman–Crippen MR) is 129 cm³/mol. The highest BCUT2D eigenvalue weighted by molar-refractivity contribution is 6.79. The van der Waals surface area contributed by atoms with Crippen molar-refractivity contribution in [2.75, 3.05) is 31.1 Å². The van der Waals surface area contributed by atoms with Crippen molar-refractivity contribution in [3.8, 4) is 0 Å². The second kappa shape index (κ2) is 7.95. The minimum absolute atomic E-state index is 0.202. The maximum absolute atomic E-state index is 12.5. The van der Waals surface area contributed by atoms with E-state index in [1.165, 1.54) is 16.6 Å². The fourth-order valence-corrected chi connectivity index (χ4v) is 5.91. The molecule has 1 fully saturated rings. The van der Waals surface area contributed by atoms with Crippen LogP contribution in [0, 0.1) is 0 Å². The van der Waals surface area contributed by atoms with E-state index in [2.05, 4.69) is 73.5 Å². The summed E-state index contributed by atoms with van der Waals surface area (Å²) in [5, 5.41) is 1.58. The first-order chi connectivity index (χ1) is 13.8. The lowest BCUT2D eigenvalue weighted by molar-refractivity contribution is 0.0263. The van der Waals surface area contributed by atoms with Crippen LogP contribution in [0.2, 0.25) is 18.1 Å². The van der Waals surface area contributed by atoms with Gasteiger partial charge in [-0.05, 0) is 56.6 Å². The molecule has 3 rings (SSSR count). The smallest absolute Gasteiger partial charge is 0.410 e. The molecule has 30 heavy (non-hydrogen) atoms. The van der Waals surface area contributed by atoms with Gasteiger partial charge in [-0.3, -0.25) is 0 Å². The topological polar surface area (TPSA) is 37.7 Å². The van der Waals surface area contributed by atoms with Crippen molar-refractivity contribution in [2.24, 2.45) is 0 Å². The number of ether oxygens (including phenoxy) is 1. The number of anilines is 1. The maximum Gasteiger partial charge on any atom is 0.410 e. The van der Waals surface area contributed by atoms with Gasteiger partial charge in [0.1, 0.15) is 5.60 Å². The predicted octanol–water partition coefficient (Wildman–Crippen LogP) is 5.94. The van der Waals surface area contributed by atoms with Crippen molar-refractivity contribution in [1.82, 2.24) is 9.13 Å². The van der Waals surface area contributed by atoms with Crippen molar-refractivity contribution in [2.45, 2.75) is 71.7 Å². The summed E-state index contributed by atoms with van der Waals surface area (Å²) in [4.78, 5) is 16.8. The Labute approximate surface area is 183 Å². The third kappa shape index (κ3) is 4.53. The van der Waals surface area contributed by atoms with Gasteiger partial charge in [0, 0.05) is 42.8 Å². The number of hydrogen-bond donors (Lipinski definition) is 0. The Bertz CT molecular complexity index is 905. The molecule has 1 amide bonds. The molecule has 1 aliphatic heterocycles. The summed E-state index contributed by atoms with van der Waals surface area (Å²) in [5.41, 5.74) is 2.14. The van der Waals surface area contributed by atoms with Gasteiger partial charge in [-0.15, -0.1) is 0 Å². The van der Waals surface area contributed by atoms with Gasteiger partial charge < -0.3 is 18.8 Å². The Balaban J connectivity index is 1.85. The van der Waals surface area contributed by atoms with E-state index in [9.17, 15) is 4.79 Å². The summed E-state index contributed by atoms with van der Waals surface area (Å²) >= 11 is 0. The van der Waals surface area contributed by atoms with Crippen LogP contribution in [0.5, 0.6) is 0 Å². The van der Waals surface area contributed by atoms with E-state index in [-0.39, 0.29) is 11.1 Å². The Morgan fingerprint density at radius 2 is 1.67 bits per heavy atom. The normalized spacial score (nSPS) is 16.7. The monoisotopic (exact) mass is 429 g/mol. The molecule has 0 aliphatic carbocycles. The quantitative estimate of drug-likeness (QED) is 0.554. The number of carbonyl (C=O) groups is 1. The van der Waals surface area contributed by atoms with Crippen LogP contribution in [0.25, 0.3) is 10.9 Å². The highest BCUT2D eigenvalue weighted by atomic mass is 28.3. The first kappa shape index (κ1) is 22.7. The van der Waals surface area contributed by atoms with Gasteiger partial charge in [0.15, 0.2) is 8.24 Å². The van der Waals surface area contributed by atoms with Gasteiger partial charge in [0.25, 0.3) is 0 Å². The minimum atomic E-state index is -1.70. The van der Waals surface area contributed by atoms with Crippen LogP contribution >= 0.6 is 0 Å². The number of hydrogen-bond acceptors (Lipinski definition) is 3. The molecule has 0 unspecified atom stereocenters. The second-order valence-corrected chi connectivity index (χ2v) is 16.1. The Hall–Kier alpha value is -1.95. The molecule has 0 atom stereocenters. The molecule has 0 radical (unpaired) electrons. The highest BCUT2D eigenvalue weighted by Crippen LogP contribution is 2.40. The first-order valence-electron chi connectivity index (χ1n) is 11.1. The van der Waals surface area contributed by atoms with Crippen LogP contribution in [0.3, 0.4) is 0 Å². The lowest BCUT2D eigenvalue weighted by atomic mass is 10.2. The molecule has 1 saturated heterocycles. The Morgan fingerprint density at radius 1 is 0.967 bits per heavy atom. The number of carbonyl (C=O) groups excluding carboxylic acids is 1. The lowest BCUT2D eigenvalue weighted by Crippen LogP contribution is -2.44. The molecule has 6 heteroatoms. The third-order valence-corrected chi connectivity index (χ3v) is 11.9. The fraction of sp³-hybridized carbons (Fsp3) is 0.625. The molecular weight excluding hydrogens is 390 g/mol. The van der Waals surface area contributed by atoms with Crippen LogP contribution in [-0.2, 0) is 4.74 Å². The van der Waals surface area contributed by atoms with E-state index >= 15 is 0 Å². The largest absolute Gasteiger partial charge is 0.444 e. The molecule has 0 N–H and O–H groups in total. The van der Waals surface area contributed by atoms with Gasteiger partial charge in [-0.2, -0.15) is 0 Å². The van der Waals surface area contributed by atoms with Crippen LogP contribution in [0.4, 0.5) is 10.5 Å². The van der Waals surface area contributed by atoms with Crippen molar-refractivity contribution < 1.29 is 9.53 Å². The molecule has 1 aromatic carbocycles. The highest BCUT2D eigenvalue weighted by Gasteiger charge is 2.38. The van der Waals surface area contributed by atoms with Gasteiger partial charge in [0.2, 0.25) is 0 Å². The van der Waals surface area contributed by atoms with Crippen molar-refractivity contribution >= 4 is 30.9 Å².